The SMILES string of the molecule is C=Cc1ccc2c(-c3ccc4cc(C)ccc4c3)ccc3ccc(=C)c1c32. The highest BCUT2D eigenvalue weighted by Crippen LogP contribution is 2.36. The normalized spacial score (nSPS) is 11.4. The summed E-state index contributed by atoms with van der Waals surface area (Å²) in [7, 11) is 0. The van der Waals surface area contributed by atoms with Crippen LogP contribution in [0.1, 0.15) is 11.1 Å². The number of rotatable bonds is 2. The molecule has 27 heavy (non-hydrogen) atoms. The quantitative estimate of drug-likeness (QED) is 0.327. The zero-order chi connectivity index (χ0) is 18.5. The Balaban J connectivity index is 1.87. The van der Waals surface area contributed by atoms with Crippen molar-refractivity contribution < 1.29 is 0 Å². The van der Waals surface area contributed by atoms with Gasteiger partial charge in [0.2, 0.25) is 0 Å². The first-order chi connectivity index (χ1) is 13.2. The lowest BCUT2D eigenvalue weighted by atomic mass is 9.90. The van der Waals surface area contributed by atoms with E-state index in [4.69, 9.17) is 0 Å². The Bertz CT molecular complexity index is 1400. The molecule has 0 amide bonds. The highest BCUT2D eigenvalue weighted by atomic mass is 14.1. The van der Waals surface area contributed by atoms with Gasteiger partial charge in [0.1, 0.15) is 0 Å². The summed E-state index contributed by atoms with van der Waals surface area (Å²) in [5.41, 5.74) is 4.94. The average Bonchev–Trinajstić information content (AvgIpc) is 2.70. The van der Waals surface area contributed by atoms with Gasteiger partial charge in [-0.1, -0.05) is 91.5 Å². The fourth-order valence-electron chi connectivity index (χ4n) is 4.20. The molecule has 0 saturated heterocycles. The molecule has 0 aliphatic rings. The maximum absolute atomic E-state index is 4.26. The van der Waals surface area contributed by atoms with Gasteiger partial charge in [0.25, 0.3) is 0 Å². The van der Waals surface area contributed by atoms with E-state index in [0.29, 0.717) is 0 Å². The number of benzene rings is 5. The van der Waals surface area contributed by atoms with Gasteiger partial charge < -0.3 is 0 Å². The Morgan fingerprint density at radius 2 is 1.44 bits per heavy atom. The summed E-state index contributed by atoms with van der Waals surface area (Å²) in [4.78, 5) is 0. The van der Waals surface area contributed by atoms with E-state index in [1.54, 1.807) is 0 Å². The predicted molar refractivity (Wildman–Crippen MR) is 120 cm³/mol. The predicted octanol–water partition coefficient (Wildman–Crippen LogP) is 6.89. The monoisotopic (exact) mass is 344 g/mol. The van der Waals surface area contributed by atoms with E-state index in [2.05, 4.69) is 92.9 Å². The third-order valence-electron chi connectivity index (χ3n) is 5.56. The smallest absolute Gasteiger partial charge is 0.00208 e. The molecule has 0 aromatic heterocycles. The molecule has 0 atom stereocenters. The maximum atomic E-state index is 4.26. The van der Waals surface area contributed by atoms with Crippen molar-refractivity contribution in [1.82, 2.24) is 0 Å². The highest BCUT2D eigenvalue weighted by molar-refractivity contribution is 6.17. The molecule has 0 fully saturated rings. The second kappa shape index (κ2) is 5.82. The lowest BCUT2D eigenvalue weighted by molar-refractivity contribution is 1.51. The van der Waals surface area contributed by atoms with Crippen LogP contribution in [0.2, 0.25) is 0 Å². The van der Waals surface area contributed by atoms with Gasteiger partial charge in [0, 0.05) is 0 Å². The van der Waals surface area contributed by atoms with E-state index in [1.165, 1.54) is 49.0 Å². The molecule has 5 aromatic carbocycles. The molecular weight excluding hydrogens is 324 g/mol. The summed E-state index contributed by atoms with van der Waals surface area (Å²) in [6, 6.07) is 26.5. The topological polar surface area (TPSA) is 0 Å². The first-order valence-corrected chi connectivity index (χ1v) is 9.26. The molecule has 0 heterocycles. The van der Waals surface area contributed by atoms with E-state index in [9.17, 15) is 0 Å². The summed E-state index contributed by atoms with van der Waals surface area (Å²) >= 11 is 0. The number of hydrogen-bond donors (Lipinski definition) is 0. The molecule has 0 aliphatic heterocycles. The molecule has 0 spiro atoms. The molecule has 0 heteroatoms. The molecule has 0 unspecified atom stereocenters. The maximum Gasteiger partial charge on any atom is -0.00208 e. The van der Waals surface area contributed by atoms with Crippen LogP contribution in [0.3, 0.4) is 0 Å². The molecule has 5 aromatic rings. The minimum absolute atomic E-state index is 1.05. The van der Waals surface area contributed by atoms with Crippen molar-refractivity contribution in [1.29, 1.82) is 0 Å². The Morgan fingerprint density at radius 1 is 0.704 bits per heavy atom. The van der Waals surface area contributed by atoms with Crippen LogP contribution in [0, 0.1) is 6.92 Å². The summed E-state index contributed by atoms with van der Waals surface area (Å²) in [6.07, 6.45) is 1.92. The van der Waals surface area contributed by atoms with Crippen molar-refractivity contribution in [3.05, 3.63) is 95.7 Å². The van der Waals surface area contributed by atoms with Crippen LogP contribution >= 0.6 is 0 Å². The third kappa shape index (κ3) is 2.38. The van der Waals surface area contributed by atoms with Crippen molar-refractivity contribution in [3.63, 3.8) is 0 Å². The van der Waals surface area contributed by atoms with Gasteiger partial charge in [0.05, 0.1) is 0 Å². The molecule has 0 N–H and O–H groups in total. The Kier molecular flexibility index (Phi) is 3.42. The zero-order valence-corrected chi connectivity index (χ0v) is 15.4. The number of hydrogen-bond acceptors (Lipinski definition) is 0. The van der Waals surface area contributed by atoms with E-state index in [0.717, 1.165) is 10.8 Å². The standard InChI is InChI=1S/C27H20/c1-4-19-11-14-25-24(13-12-20-8-6-18(3)26(19)27(20)25)23-10-9-21-15-17(2)5-7-22(21)16-23/h4-16H,1,3H2,2H3. The van der Waals surface area contributed by atoms with Crippen LogP contribution in [-0.2, 0) is 0 Å². The summed E-state index contributed by atoms with van der Waals surface area (Å²) in [5.74, 6) is 0. The molecule has 128 valence electrons. The minimum Gasteiger partial charge on any atom is -0.0984 e. The van der Waals surface area contributed by atoms with Crippen molar-refractivity contribution in [2.24, 2.45) is 0 Å². The summed E-state index contributed by atoms with van der Waals surface area (Å²) < 4.78 is 0. The fraction of sp³-hybridized carbons (Fsp3) is 0.0370. The van der Waals surface area contributed by atoms with Crippen LogP contribution < -0.4 is 5.22 Å². The average molecular weight is 344 g/mol. The van der Waals surface area contributed by atoms with E-state index in [1.807, 2.05) is 6.08 Å². The van der Waals surface area contributed by atoms with Gasteiger partial charge in [-0.15, -0.1) is 0 Å². The van der Waals surface area contributed by atoms with Crippen molar-refractivity contribution in [3.8, 4) is 11.1 Å². The van der Waals surface area contributed by atoms with Gasteiger partial charge in [-0.25, -0.2) is 0 Å². The molecule has 0 nitrogen and oxygen atoms in total. The molecule has 0 aliphatic carbocycles. The Hall–Kier alpha value is -3.38. The molecule has 0 saturated carbocycles. The van der Waals surface area contributed by atoms with Crippen molar-refractivity contribution in [2.75, 3.05) is 0 Å². The van der Waals surface area contributed by atoms with Gasteiger partial charge in [-0.05, 0) is 67.2 Å². The largest absolute Gasteiger partial charge is 0.0984 e. The Labute approximate surface area is 159 Å². The van der Waals surface area contributed by atoms with Crippen LogP contribution in [0.5, 0.6) is 0 Å². The second-order valence-corrected chi connectivity index (χ2v) is 7.28. The summed E-state index contributed by atoms with van der Waals surface area (Å²) in [5, 5.41) is 8.61. The van der Waals surface area contributed by atoms with Crippen molar-refractivity contribution in [2.45, 2.75) is 6.92 Å². The first-order valence-electron chi connectivity index (χ1n) is 9.26. The first kappa shape index (κ1) is 15.8. The summed E-state index contributed by atoms with van der Waals surface area (Å²) in [6.45, 7) is 10.4. The Morgan fingerprint density at radius 3 is 2.30 bits per heavy atom. The van der Waals surface area contributed by atoms with Gasteiger partial charge in [-0.3, -0.25) is 0 Å². The molecule has 0 radical (unpaired) electrons. The van der Waals surface area contributed by atoms with Crippen molar-refractivity contribution >= 4 is 45.0 Å². The zero-order valence-electron chi connectivity index (χ0n) is 15.4. The van der Waals surface area contributed by atoms with Gasteiger partial charge in [0.15, 0.2) is 0 Å². The lowest BCUT2D eigenvalue weighted by Crippen LogP contribution is -2.01. The second-order valence-electron chi connectivity index (χ2n) is 7.28. The van der Waals surface area contributed by atoms with Gasteiger partial charge >= 0.3 is 0 Å². The molecular formula is C27H20. The van der Waals surface area contributed by atoms with E-state index < -0.39 is 0 Å². The van der Waals surface area contributed by atoms with Crippen LogP contribution in [0.15, 0.2) is 79.4 Å². The number of aryl methyl sites for hydroxylation is 1. The lowest BCUT2D eigenvalue weighted by Gasteiger charge is -2.14. The van der Waals surface area contributed by atoms with E-state index >= 15 is 0 Å². The number of fused-ring (bicyclic) bond motifs is 1. The fourth-order valence-corrected chi connectivity index (χ4v) is 4.20. The van der Waals surface area contributed by atoms with E-state index in [-0.39, 0.29) is 0 Å². The van der Waals surface area contributed by atoms with Crippen LogP contribution in [0.25, 0.3) is 56.1 Å². The van der Waals surface area contributed by atoms with Crippen LogP contribution in [0.4, 0.5) is 0 Å². The third-order valence-corrected chi connectivity index (χ3v) is 5.56. The van der Waals surface area contributed by atoms with Gasteiger partial charge in [-0.2, -0.15) is 0 Å². The molecule has 5 rings (SSSR count). The highest BCUT2D eigenvalue weighted by Gasteiger charge is 2.11. The van der Waals surface area contributed by atoms with Crippen LogP contribution in [-0.4, -0.2) is 0 Å². The minimum atomic E-state index is 1.05. The molecule has 0 bridgehead atoms.